The highest BCUT2D eigenvalue weighted by Gasteiger charge is 2.24. The van der Waals surface area contributed by atoms with E-state index < -0.39 is 10.0 Å². The molecule has 0 saturated carbocycles. The van der Waals surface area contributed by atoms with Gasteiger partial charge in [-0.25, -0.2) is 22.7 Å². The normalized spacial score (nSPS) is 11.7. The smallest absolute Gasteiger partial charge is 0.243 e. The van der Waals surface area contributed by atoms with Crippen molar-refractivity contribution in [2.75, 3.05) is 19.3 Å². The largest absolute Gasteiger partial charge is 0.368 e. The van der Waals surface area contributed by atoms with E-state index in [0.717, 1.165) is 22.3 Å². The second kappa shape index (κ2) is 8.08. The molecule has 0 aliphatic heterocycles. The van der Waals surface area contributed by atoms with E-state index in [-0.39, 0.29) is 5.95 Å². The lowest BCUT2D eigenvalue weighted by atomic mass is 10.0. The van der Waals surface area contributed by atoms with Crippen molar-refractivity contribution >= 4 is 16.0 Å². The average molecular weight is 397 g/mol. The van der Waals surface area contributed by atoms with Crippen molar-refractivity contribution in [1.29, 1.82) is 0 Å². The first-order valence-corrected chi connectivity index (χ1v) is 10.4. The Bertz CT molecular complexity index is 1070. The maximum absolute atomic E-state index is 13.1. The molecule has 0 saturated heterocycles. The zero-order valence-electron chi connectivity index (χ0n) is 16.3. The van der Waals surface area contributed by atoms with Crippen molar-refractivity contribution in [3.05, 3.63) is 71.5 Å². The van der Waals surface area contributed by atoms with Gasteiger partial charge in [0.1, 0.15) is 0 Å². The zero-order chi connectivity index (χ0) is 20.3. The molecule has 0 atom stereocenters. The predicted molar refractivity (Wildman–Crippen MR) is 111 cm³/mol. The lowest BCUT2D eigenvalue weighted by Gasteiger charge is -2.20. The highest BCUT2D eigenvalue weighted by atomic mass is 32.2. The Morgan fingerprint density at radius 2 is 1.64 bits per heavy atom. The Hall–Kier alpha value is -2.77. The molecule has 0 amide bonds. The summed E-state index contributed by atoms with van der Waals surface area (Å²) in [6, 6.07) is 13.4. The number of hydrogen-bond donors (Lipinski definition) is 1. The van der Waals surface area contributed by atoms with Crippen LogP contribution in [0.1, 0.15) is 16.7 Å². The van der Waals surface area contributed by atoms with E-state index in [1.807, 2.05) is 43.3 Å². The molecule has 6 nitrogen and oxygen atoms in total. The Morgan fingerprint density at radius 3 is 2.29 bits per heavy atom. The molecule has 0 fully saturated rings. The summed E-state index contributed by atoms with van der Waals surface area (Å²) in [4.78, 5) is 8.36. The number of rotatable bonds is 6. The van der Waals surface area contributed by atoms with E-state index in [1.165, 1.54) is 4.31 Å². The van der Waals surface area contributed by atoms with Gasteiger partial charge < -0.3 is 5.73 Å². The number of anilines is 1. The van der Waals surface area contributed by atoms with Gasteiger partial charge >= 0.3 is 0 Å². The Labute approximate surface area is 166 Å². The second-order valence-corrected chi connectivity index (χ2v) is 8.84. The van der Waals surface area contributed by atoms with Gasteiger partial charge in [0, 0.05) is 31.5 Å². The molecule has 1 aromatic heterocycles. The number of nitrogens with two attached hydrogens (primary N) is 1. The van der Waals surface area contributed by atoms with Crippen LogP contribution in [-0.2, 0) is 16.4 Å². The number of aromatic nitrogens is 2. The van der Waals surface area contributed by atoms with E-state index >= 15 is 0 Å². The third kappa shape index (κ3) is 4.21. The first-order valence-electron chi connectivity index (χ1n) is 8.98. The van der Waals surface area contributed by atoms with Crippen LogP contribution in [0, 0.1) is 13.8 Å². The van der Waals surface area contributed by atoms with Crippen molar-refractivity contribution in [1.82, 2.24) is 14.3 Å². The first kappa shape index (κ1) is 20.0. The number of sulfonamides is 1. The summed E-state index contributed by atoms with van der Waals surface area (Å²) in [6.45, 7) is 4.10. The Kier molecular flexibility index (Phi) is 5.76. The van der Waals surface area contributed by atoms with Crippen LogP contribution in [0.25, 0.3) is 11.1 Å². The maximum atomic E-state index is 13.1. The third-order valence-electron chi connectivity index (χ3n) is 4.75. The summed E-state index contributed by atoms with van der Waals surface area (Å²) >= 11 is 0. The number of hydrogen-bond acceptors (Lipinski definition) is 5. The fraction of sp³-hybridized carbons (Fsp3) is 0.238. The quantitative estimate of drug-likeness (QED) is 0.691. The number of aryl methyl sites for hydroxylation is 2. The molecule has 2 N–H and O–H groups in total. The van der Waals surface area contributed by atoms with Crippen molar-refractivity contribution < 1.29 is 8.42 Å². The average Bonchev–Trinajstić information content (AvgIpc) is 2.69. The van der Waals surface area contributed by atoms with Gasteiger partial charge in [-0.1, -0.05) is 30.3 Å². The highest BCUT2D eigenvalue weighted by molar-refractivity contribution is 7.89. The summed E-state index contributed by atoms with van der Waals surface area (Å²) in [6.07, 6.45) is 3.95. The topological polar surface area (TPSA) is 89.2 Å². The van der Waals surface area contributed by atoms with Crippen molar-refractivity contribution in [3.8, 4) is 11.1 Å². The molecule has 7 heteroatoms. The predicted octanol–water partition coefficient (Wildman–Crippen LogP) is 3.21. The molecular weight excluding hydrogens is 372 g/mol. The molecule has 0 radical (unpaired) electrons. The van der Waals surface area contributed by atoms with Crippen molar-refractivity contribution in [2.45, 2.75) is 25.2 Å². The molecule has 0 bridgehead atoms. The fourth-order valence-electron chi connectivity index (χ4n) is 3.08. The van der Waals surface area contributed by atoms with Crippen LogP contribution in [0.15, 0.2) is 59.8 Å². The van der Waals surface area contributed by atoms with Gasteiger partial charge in [0.25, 0.3) is 0 Å². The van der Waals surface area contributed by atoms with E-state index in [1.54, 1.807) is 32.4 Å². The molecule has 0 spiro atoms. The summed E-state index contributed by atoms with van der Waals surface area (Å²) in [5.41, 5.74) is 9.88. The number of nitrogen functional groups attached to an aromatic ring is 1. The molecule has 0 aliphatic rings. The van der Waals surface area contributed by atoms with Crippen LogP contribution in [0.3, 0.4) is 0 Å². The van der Waals surface area contributed by atoms with Crippen molar-refractivity contribution in [2.24, 2.45) is 0 Å². The number of benzene rings is 2. The molecule has 146 valence electrons. The molecular formula is C21H24N4O2S. The number of nitrogens with zero attached hydrogens (tertiary/aromatic N) is 3. The molecule has 3 rings (SSSR count). The Balaban J connectivity index is 1.87. The van der Waals surface area contributed by atoms with E-state index in [2.05, 4.69) is 9.97 Å². The van der Waals surface area contributed by atoms with Gasteiger partial charge in [-0.2, -0.15) is 0 Å². The SMILES string of the molecule is Cc1cc(S(=O)(=O)N(C)CCc2ccccc2)c(C)cc1-c1cnc(N)nc1. The van der Waals surface area contributed by atoms with Crippen LogP contribution >= 0.6 is 0 Å². The molecule has 3 aromatic rings. The first-order chi connectivity index (χ1) is 13.3. The van der Waals surface area contributed by atoms with Gasteiger partial charge in [-0.15, -0.1) is 0 Å². The van der Waals surface area contributed by atoms with E-state index in [0.29, 0.717) is 23.4 Å². The molecule has 2 aromatic carbocycles. The molecule has 0 aliphatic carbocycles. The molecule has 1 heterocycles. The zero-order valence-corrected chi connectivity index (χ0v) is 17.1. The van der Waals surface area contributed by atoms with Crippen LogP contribution in [-0.4, -0.2) is 36.3 Å². The van der Waals surface area contributed by atoms with Gasteiger partial charge in [0.05, 0.1) is 4.90 Å². The van der Waals surface area contributed by atoms with Gasteiger partial charge in [-0.05, 0) is 54.7 Å². The van der Waals surface area contributed by atoms with E-state index in [9.17, 15) is 8.42 Å². The molecule has 0 unspecified atom stereocenters. The van der Waals surface area contributed by atoms with Gasteiger partial charge in [0.15, 0.2) is 0 Å². The van der Waals surface area contributed by atoms with Crippen molar-refractivity contribution in [3.63, 3.8) is 0 Å². The third-order valence-corrected chi connectivity index (χ3v) is 6.75. The fourth-order valence-corrected chi connectivity index (χ4v) is 4.53. The summed E-state index contributed by atoms with van der Waals surface area (Å²) in [7, 11) is -1.97. The lowest BCUT2D eigenvalue weighted by Crippen LogP contribution is -2.29. The van der Waals surface area contributed by atoms with Crippen LogP contribution in [0.2, 0.25) is 0 Å². The number of likely N-dealkylation sites (N-methyl/N-ethyl adjacent to an activating group) is 1. The lowest BCUT2D eigenvalue weighted by molar-refractivity contribution is 0.472. The summed E-state index contributed by atoms with van der Waals surface area (Å²) in [5, 5.41) is 0. The monoisotopic (exact) mass is 396 g/mol. The van der Waals surface area contributed by atoms with Crippen LogP contribution in [0.4, 0.5) is 5.95 Å². The molecule has 28 heavy (non-hydrogen) atoms. The minimum absolute atomic E-state index is 0.206. The maximum Gasteiger partial charge on any atom is 0.243 e. The second-order valence-electron chi connectivity index (χ2n) is 6.82. The Morgan fingerprint density at radius 1 is 1.00 bits per heavy atom. The van der Waals surface area contributed by atoms with Crippen LogP contribution < -0.4 is 5.73 Å². The van der Waals surface area contributed by atoms with Gasteiger partial charge in [0.2, 0.25) is 16.0 Å². The van der Waals surface area contributed by atoms with E-state index in [4.69, 9.17) is 5.73 Å². The minimum Gasteiger partial charge on any atom is -0.368 e. The summed E-state index contributed by atoms with van der Waals surface area (Å²) < 4.78 is 27.6. The van der Waals surface area contributed by atoms with Gasteiger partial charge in [-0.3, -0.25) is 0 Å². The summed E-state index contributed by atoms with van der Waals surface area (Å²) in [5.74, 6) is 0.206. The standard InChI is InChI=1S/C21H24N4O2S/c1-15-12-20(16(2)11-19(15)18-13-23-21(22)24-14-18)28(26,27)25(3)10-9-17-7-5-4-6-8-17/h4-8,11-14H,9-10H2,1-3H3,(H2,22,23,24). The van der Waals surface area contributed by atoms with Crippen LogP contribution in [0.5, 0.6) is 0 Å². The minimum atomic E-state index is -3.59. The highest BCUT2D eigenvalue weighted by Crippen LogP contribution is 2.29.